The number of hydrogen-bond acceptors (Lipinski definition) is 4. The summed E-state index contributed by atoms with van der Waals surface area (Å²) in [5, 5.41) is 0. The fourth-order valence-electron chi connectivity index (χ4n) is 0.823. The molecule has 0 aromatic carbocycles. The number of esters is 2. The van der Waals surface area contributed by atoms with Gasteiger partial charge in [0.05, 0.1) is 19.4 Å². The van der Waals surface area contributed by atoms with Gasteiger partial charge in [0.15, 0.2) is 6.10 Å². The van der Waals surface area contributed by atoms with Crippen molar-refractivity contribution in [2.24, 2.45) is 0 Å². The Morgan fingerprint density at radius 2 is 2.06 bits per heavy atom. The van der Waals surface area contributed by atoms with E-state index in [0.717, 1.165) is 0 Å². The number of ether oxygens (including phenoxy) is 2. The summed E-state index contributed by atoms with van der Waals surface area (Å²) in [6, 6.07) is 0. The molecule has 0 aliphatic rings. The van der Waals surface area contributed by atoms with Gasteiger partial charge < -0.3 is 9.47 Å². The molecule has 0 spiro atoms. The quantitative estimate of drug-likeness (QED) is 0.284. The molecule has 1 atom stereocenters. The molecule has 88 valence electrons. The highest BCUT2D eigenvalue weighted by atomic mass is 16.5. The molecule has 0 bridgehead atoms. The smallest absolute Gasteiger partial charge is 0.307 e. The number of carbonyl (C=O) groups excluding carboxylic acids is 2. The first-order valence-electron chi connectivity index (χ1n) is 5.02. The van der Waals surface area contributed by atoms with Gasteiger partial charge in [0.25, 0.3) is 0 Å². The largest absolute Gasteiger partial charge is 0.465 e. The third-order valence-electron chi connectivity index (χ3n) is 1.66. The topological polar surface area (TPSA) is 52.6 Å². The molecule has 0 aliphatic heterocycles. The van der Waals surface area contributed by atoms with Crippen LogP contribution >= 0.6 is 0 Å². The molecule has 1 unspecified atom stereocenters. The Morgan fingerprint density at radius 1 is 1.44 bits per heavy atom. The lowest BCUT2D eigenvalue weighted by Gasteiger charge is -2.06. The lowest BCUT2D eigenvalue weighted by molar-refractivity contribution is -0.151. The van der Waals surface area contributed by atoms with E-state index >= 15 is 0 Å². The maximum Gasteiger partial charge on any atom is 0.307 e. The second-order valence-corrected chi connectivity index (χ2v) is 3.10. The molecule has 16 heavy (non-hydrogen) atoms. The van der Waals surface area contributed by atoms with Gasteiger partial charge in [-0.1, -0.05) is 12.0 Å². The molecular formula is C12H16O4. The highest BCUT2D eigenvalue weighted by Gasteiger charge is 2.10. The SMILES string of the molecule is C#CC(C)OC(=O)CCC(=O)OCCC=C. The number of terminal acetylenes is 1. The molecule has 0 heterocycles. The fraction of sp³-hybridized carbons (Fsp3) is 0.500. The fourth-order valence-corrected chi connectivity index (χ4v) is 0.823. The van der Waals surface area contributed by atoms with Crippen LogP contribution in [0.3, 0.4) is 0 Å². The first-order valence-corrected chi connectivity index (χ1v) is 5.02. The summed E-state index contributed by atoms with van der Waals surface area (Å²) in [6.45, 7) is 5.36. The van der Waals surface area contributed by atoms with Gasteiger partial charge in [0.1, 0.15) is 0 Å². The number of rotatable bonds is 7. The molecule has 0 saturated carbocycles. The molecule has 0 aliphatic carbocycles. The Kier molecular flexibility index (Phi) is 7.60. The van der Waals surface area contributed by atoms with Gasteiger partial charge in [0.2, 0.25) is 0 Å². The van der Waals surface area contributed by atoms with E-state index in [1.807, 2.05) is 0 Å². The molecule has 0 N–H and O–H groups in total. The van der Waals surface area contributed by atoms with Gasteiger partial charge in [-0.25, -0.2) is 0 Å². The lowest BCUT2D eigenvalue weighted by atomic mass is 10.3. The van der Waals surface area contributed by atoms with Crippen LogP contribution in [-0.2, 0) is 19.1 Å². The van der Waals surface area contributed by atoms with Crippen molar-refractivity contribution in [3.8, 4) is 12.3 Å². The normalized spacial score (nSPS) is 11.0. The number of hydrogen-bond donors (Lipinski definition) is 0. The van der Waals surface area contributed by atoms with Crippen molar-refractivity contribution in [3.63, 3.8) is 0 Å². The maximum absolute atomic E-state index is 11.1. The predicted octanol–water partition coefficient (Wildman–Crippen LogP) is 1.45. The highest BCUT2D eigenvalue weighted by molar-refractivity contribution is 5.77. The van der Waals surface area contributed by atoms with Gasteiger partial charge >= 0.3 is 11.9 Å². The van der Waals surface area contributed by atoms with Gasteiger partial charge in [-0.15, -0.1) is 13.0 Å². The zero-order valence-corrected chi connectivity index (χ0v) is 9.40. The van der Waals surface area contributed by atoms with E-state index in [1.165, 1.54) is 0 Å². The van der Waals surface area contributed by atoms with Crippen molar-refractivity contribution in [2.45, 2.75) is 32.3 Å². The molecule has 0 saturated heterocycles. The second-order valence-electron chi connectivity index (χ2n) is 3.10. The van der Waals surface area contributed by atoms with Crippen LogP contribution in [-0.4, -0.2) is 24.6 Å². The molecule has 0 fully saturated rings. The molecule has 0 amide bonds. The van der Waals surface area contributed by atoms with Gasteiger partial charge in [-0.05, 0) is 13.3 Å². The average Bonchev–Trinajstić information content (AvgIpc) is 2.26. The molecule has 4 nitrogen and oxygen atoms in total. The second kappa shape index (κ2) is 8.54. The summed E-state index contributed by atoms with van der Waals surface area (Å²) < 4.78 is 9.58. The van der Waals surface area contributed by atoms with E-state index in [1.54, 1.807) is 13.0 Å². The van der Waals surface area contributed by atoms with E-state index in [0.29, 0.717) is 6.42 Å². The van der Waals surface area contributed by atoms with Crippen molar-refractivity contribution >= 4 is 11.9 Å². The zero-order chi connectivity index (χ0) is 12.4. The molecular weight excluding hydrogens is 208 g/mol. The van der Waals surface area contributed by atoms with E-state index < -0.39 is 18.0 Å². The Hall–Kier alpha value is -1.76. The Labute approximate surface area is 95.6 Å². The van der Waals surface area contributed by atoms with Crippen molar-refractivity contribution < 1.29 is 19.1 Å². The van der Waals surface area contributed by atoms with Crippen molar-refractivity contribution in [1.29, 1.82) is 0 Å². The minimum atomic E-state index is -0.565. The van der Waals surface area contributed by atoms with Gasteiger partial charge in [-0.2, -0.15) is 0 Å². The summed E-state index contributed by atoms with van der Waals surface area (Å²) >= 11 is 0. The Balaban J connectivity index is 3.63. The van der Waals surface area contributed by atoms with Gasteiger partial charge in [0, 0.05) is 0 Å². The van der Waals surface area contributed by atoms with Crippen LogP contribution in [0.15, 0.2) is 12.7 Å². The van der Waals surface area contributed by atoms with Crippen LogP contribution in [0.2, 0.25) is 0 Å². The lowest BCUT2D eigenvalue weighted by Crippen LogP contribution is -2.15. The van der Waals surface area contributed by atoms with Crippen LogP contribution in [0.25, 0.3) is 0 Å². The third kappa shape index (κ3) is 7.63. The van der Waals surface area contributed by atoms with E-state index in [4.69, 9.17) is 15.9 Å². The number of carbonyl (C=O) groups is 2. The first-order chi connectivity index (χ1) is 7.60. The molecule has 0 aromatic rings. The maximum atomic E-state index is 11.1. The summed E-state index contributed by atoms with van der Waals surface area (Å²) in [5.74, 6) is 1.34. The van der Waals surface area contributed by atoms with Crippen LogP contribution < -0.4 is 0 Å². The third-order valence-corrected chi connectivity index (χ3v) is 1.66. The summed E-state index contributed by atoms with van der Waals surface area (Å²) in [7, 11) is 0. The molecule has 0 radical (unpaired) electrons. The molecule has 0 aromatic heterocycles. The standard InChI is InChI=1S/C12H16O4/c1-4-6-9-15-11(13)7-8-12(14)16-10(3)5-2/h2,4,10H,1,6-9H2,3H3. The summed E-state index contributed by atoms with van der Waals surface area (Å²) in [4.78, 5) is 22.2. The Bertz CT molecular complexity index is 288. The average molecular weight is 224 g/mol. The van der Waals surface area contributed by atoms with Crippen LogP contribution in [0.1, 0.15) is 26.2 Å². The zero-order valence-electron chi connectivity index (χ0n) is 9.40. The summed E-state index contributed by atoms with van der Waals surface area (Å²) in [6.07, 6.45) is 6.71. The van der Waals surface area contributed by atoms with E-state index in [2.05, 4.69) is 12.5 Å². The van der Waals surface area contributed by atoms with Crippen molar-refractivity contribution in [2.75, 3.05) is 6.61 Å². The predicted molar refractivity (Wildman–Crippen MR) is 59.4 cm³/mol. The Morgan fingerprint density at radius 3 is 2.62 bits per heavy atom. The van der Waals surface area contributed by atoms with Crippen LogP contribution in [0.4, 0.5) is 0 Å². The van der Waals surface area contributed by atoms with Crippen LogP contribution in [0, 0.1) is 12.3 Å². The molecule has 4 heteroatoms. The highest BCUT2D eigenvalue weighted by Crippen LogP contribution is 1.99. The minimum absolute atomic E-state index is 0.00721. The van der Waals surface area contributed by atoms with E-state index in [-0.39, 0.29) is 19.4 Å². The van der Waals surface area contributed by atoms with Crippen molar-refractivity contribution in [3.05, 3.63) is 12.7 Å². The van der Waals surface area contributed by atoms with Crippen molar-refractivity contribution in [1.82, 2.24) is 0 Å². The summed E-state index contributed by atoms with van der Waals surface area (Å²) in [5.41, 5.74) is 0. The van der Waals surface area contributed by atoms with E-state index in [9.17, 15) is 9.59 Å². The van der Waals surface area contributed by atoms with Gasteiger partial charge in [-0.3, -0.25) is 9.59 Å². The monoisotopic (exact) mass is 224 g/mol. The van der Waals surface area contributed by atoms with Crippen LogP contribution in [0.5, 0.6) is 0 Å². The minimum Gasteiger partial charge on any atom is -0.465 e. The molecule has 0 rings (SSSR count). The first kappa shape index (κ1) is 14.2.